The standard InChI is InChI=1S/C57H69F3N12O7S2/c1-3-52(73)66-47-10-8-38(26-50(47)79-34-41-33-71(69-68-41)19-21-77-23-25-78-24-22-76-20-15-62-53(74)7-5-4-6-51-45-29-54(75)67-48(45)35-80-51)12-18-72-42(31-61)27-44-37(2)39(9-11-49(44)72)32-70-16-13-40(14-17-70)65-55-46-28-43(30-57(58,59)60)81-56(46)64-36-63-55/h3,8-11,26-28,33,36,40,45,48,51H,1,4-7,12-25,29-30,32,34-35H2,2H3,(H,62,74)(H,66,73)(H,67,75)(H,63,64,65)/t45-,48-,51-/m1/s1. The number of unbranched alkanes of at least 4 members (excludes halogenated alkanes) is 1. The number of likely N-dealkylation sites (tertiary alicyclic amines) is 1. The van der Waals surface area contributed by atoms with Crippen molar-refractivity contribution in [2.45, 2.75) is 114 Å². The van der Waals surface area contributed by atoms with Gasteiger partial charge in [0.25, 0.3) is 0 Å². The smallest absolute Gasteiger partial charge is 0.393 e. The van der Waals surface area contributed by atoms with Crippen LogP contribution in [0, 0.1) is 24.2 Å². The van der Waals surface area contributed by atoms with Gasteiger partial charge >= 0.3 is 6.18 Å². The quantitative estimate of drug-likeness (QED) is 0.0249. The van der Waals surface area contributed by atoms with Gasteiger partial charge in [-0.15, -0.1) is 16.4 Å². The summed E-state index contributed by atoms with van der Waals surface area (Å²) in [7, 11) is 0. The SMILES string of the molecule is C=CC(=O)Nc1ccc(CCn2c(C#N)cc3c(C)c(CN4CCC(Nc5ncnc6sc(CC(F)(F)F)cc56)CC4)ccc32)cc1OCc1cn(CCOCCOCCOCCNC(=O)CCCC[C@H]2SC[C@H]3NC(=O)C[C@H]32)nn1. The maximum absolute atomic E-state index is 13.1. The number of anilines is 2. The van der Waals surface area contributed by atoms with E-state index in [1.165, 1.54) is 18.0 Å². The maximum Gasteiger partial charge on any atom is 0.393 e. The second kappa shape index (κ2) is 28.4. The Morgan fingerprint density at radius 3 is 2.58 bits per heavy atom. The van der Waals surface area contributed by atoms with Crippen molar-refractivity contribution < 1.29 is 46.5 Å². The van der Waals surface area contributed by atoms with E-state index >= 15 is 0 Å². The van der Waals surface area contributed by atoms with E-state index in [0.29, 0.717) is 135 Å². The van der Waals surface area contributed by atoms with Gasteiger partial charge in [-0.05, 0) is 92.1 Å². The Morgan fingerprint density at radius 2 is 1.79 bits per heavy atom. The van der Waals surface area contributed by atoms with Crippen LogP contribution in [0.25, 0.3) is 21.1 Å². The number of ether oxygens (including phenoxy) is 4. The average molecular weight is 1160 g/mol. The molecule has 9 rings (SSSR count). The number of halogens is 3. The normalized spacial score (nSPS) is 17.6. The lowest BCUT2D eigenvalue weighted by Crippen LogP contribution is -2.39. The molecule has 7 heterocycles. The number of fused-ring (bicyclic) bond motifs is 3. The summed E-state index contributed by atoms with van der Waals surface area (Å²) >= 11 is 2.99. The molecule has 2 aromatic carbocycles. The van der Waals surface area contributed by atoms with E-state index in [1.807, 2.05) is 34.5 Å². The number of nitrogens with one attached hydrogen (secondary N) is 4. The summed E-state index contributed by atoms with van der Waals surface area (Å²) in [4.78, 5) is 48.1. The van der Waals surface area contributed by atoms with E-state index in [9.17, 15) is 32.8 Å². The highest BCUT2D eigenvalue weighted by atomic mass is 32.2. The fourth-order valence-corrected chi connectivity index (χ4v) is 13.3. The lowest BCUT2D eigenvalue weighted by atomic mass is 9.94. The Kier molecular flexibility index (Phi) is 20.7. The zero-order valence-electron chi connectivity index (χ0n) is 45.4. The number of carbonyl (C=O) groups is 3. The minimum absolute atomic E-state index is 0.0285. The molecule has 0 spiro atoms. The molecule has 19 nitrogen and oxygen atoms in total. The summed E-state index contributed by atoms with van der Waals surface area (Å²) in [5.41, 5.74) is 5.77. The van der Waals surface area contributed by atoms with Crippen LogP contribution in [0.3, 0.4) is 0 Å². The highest BCUT2D eigenvalue weighted by molar-refractivity contribution is 8.00. The molecule has 0 bridgehead atoms. The molecule has 3 amide bonds. The van der Waals surface area contributed by atoms with Gasteiger partial charge in [0.05, 0.1) is 69.9 Å². The number of rotatable bonds is 30. The van der Waals surface area contributed by atoms with Crippen LogP contribution in [0.5, 0.6) is 5.75 Å². The zero-order chi connectivity index (χ0) is 56.7. The van der Waals surface area contributed by atoms with Crippen molar-refractivity contribution in [2.75, 3.05) is 75.7 Å². The predicted octanol–water partition coefficient (Wildman–Crippen LogP) is 7.89. The van der Waals surface area contributed by atoms with Crippen LogP contribution in [0.15, 0.2) is 67.6 Å². The van der Waals surface area contributed by atoms with Crippen molar-refractivity contribution >= 4 is 73.4 Å². The summed E-state index contributed by atoms with van der Waals surface area (Å²) in [6.07, 6.45) is 5.33. The molecular weight excluding hydrogens is 1090 g/mol. The minimum atomic E-state index is -4.29. The molecule has 0 radical (unpaired) electrons. The molecule has 0 aliphatic carbocycles. The van der Waals surface area contributed by atoms with Crippen LogP contribution in [-0.2, 0) is 67.7 Å². The van der Waals surface area contributed by atoms with E-state index in [2.05, 4.69) is 78.2 Å². The molecule has 0 saturated carbocycles. The lowest BCUT2D eigenvalue weighted by Gasteiger charge is -2.33. The Labute approximate surface area is 476 Å². The first-order valence-electron chi connectivity index (χ1n) is 27.6. The Morgan fingerprint density at radius 1 is 0.988 bits per heavy atom. The predicted molar refractivity (Wildman–Crippen MR) is 304 cm³/mol. The van der Waals surface area contributed by atoms with Crippen LogP contribution >= 0.6 is 23.1 Å². The van der Waals surface area contributed by atoms with Gasteiger partial charge in [-0.1, -0.05) is 30.3 Å². The number of nitrogens with zero attached hydrogens (tertiary/aromatic N) is 8. The van der Waals surface area contributed by atoms with Gasteiger partial charge in [0.2, 0.25) is 17.7 Å². The monoisotopic (exact) mass is 1150 g/mol. The highest BCUT2D eigenvalue weighted by Gasteiger charge is 2.42. The molecule has 3 aliphatic heterocycles. The van der Waals surface area contributed by atoms with Gasteiger partial charge in [-0.2, -0.15) is 30.2 Å². The number of benzene rings is 2. The summed E-state index contributed by atoms with van der Waals surface area (Å²) < 4.78 is 66.2. The fraction of sp³-hybridized carbons (Fsp3) is 0.509. The third-order valence-electron chi connectivity index (χ3n) is 14.9. The molecule has 3 fully saturated rings. The van der Waals surface area contributed by atoms with Crippen molar-refractivity contribution in [3.05, 3.63) is 101 Å². The van der Waals surface area contributed by atoms with Crippen LogP contribution < -0.4 is 26.0 Å². The van der Waals surface area contributed by atoms with Crippen LogP contribution in [0.4, 0.5) is 24.7 Å². The largest absolute Gasteiger partial charge is 0.485 e. The molecule has 3 atom stereocenters. The van der Waals surface area contributed by atoms with Crippen LogP contribution in [0.2, 0.25) is 0 Å². The number of piperidine rings is 1. The van der Waals surface area contributed by atoms with Gasteiger partial charge in [0.15, 0.2) is 0 Å². The third-order valence-corrected chi connectivity index (χ3v) is 17.5. The van der Waals surface area contributed by atoms with Crippen molar-refractivity contribution in [3.63, 3.8) is 0 Å². The number of alkyl halides is 3. The van der Waals surface area contributed by atoms with Crippen LogP contribution in [-0.4, -0.2) is 141 Å². The molecule has 24 heteroatoms. The third kappa shape index (κ3) is 16.5. The molecule has 3 saturated heterocycles. The minimum Gasteiger partial charge on any atom is -0.485 e. The van der Waals surface area contributed by atoms with E-state index in [1.54, 1.807) is 23.0 Å². The molecule has 3 aliphatic rings. The number of carbonyl (C=O) groups excluding carboxylic acids is 3. The first kappa shape index (κ1) is 59.0. The molecule has 4 N–H and O–H groups in total. The second-order valence-corrected chi connectivity index (χ2v) is 23.0. The van der Waals surface area contributed by atoms with Gasteiger partial charge in [-0.25, -0.2) is 14.6 Å². The number of aryl methyl sites for hydroxylation is 3. The van der Waals surface area contributed by atoms with Crippen molar-refractivity contribution in [2.24, 2.45) is 5.92 Å². The molecule has 6 aromatic rings. The van der Waals surface area contributed by atoms with Gasteiger partial charge in [0.1, 0.15) is 46.8 Å². The van der Waals surface area contributed by atoms with E-state index < -0.39 is 12.6 Å². The number of hydrogen-bond donors (Lipinski definition) is 4. The first-order chi connectivity index (χ1) is 39.3. The summed E-state index contributed by atoms with van der Waals surface area (Å²) in [6.45, 7) is 12.0. The fourth-order valence-electron chi connectivity index (χ4n) is 10.7. The van der Waals surface area contributed by atoms with Gasteiger partial charge in [0, 0.05) is 90.3 Å². The number of aromatic nitrogens is 6. The first-order valence-corrected chi connectivity index (χ1v) is 29.5. The van der Waals surface area contributed by atoms with Crippen molar-refractivity contribution in [3.8, 4) is 11.8 Å². The molecule has 0 unspecified atom stereocenters. The molecular formula is C57H69F3N12O7S2. The number of nitriles is 1. The number of amides is 3. The Hall–Kier alpha value is -6.62. The lowest BCUT2D eigenvalue weighted by molar-refractivity contribution is -0.126. The molecule has 432 valence electrons. The summed E-state index contributed by atoms with van der Waals surface area (Å²) in [5.74, 6) is 2.27. The summed E-state index contributed by atoms with van der Waals surface area (Å²) in [5, 5.41) is 33.2. The van der Waals surface area contributed by atoms with Crippen molar-refractivity contribution in [1.82, 2.24) is 45.1 Å². The van der Waals surface area contributed by atoms with Crippen molar-refractivity contribution in [1.29, 1.82) is 5.26 Å². The Bertz CT molecular complexity index is 3170. The zero-order valence-corrected chi connectivity index (χ0v) is 47.1. The van der Waals surface area contributed by atoms with Gasteiger partial charge in [-0.3, -0.25) is 19.3 Å². The number of thioether (sulfide) groups is 1. The van der Waals surface area contributed by atoms with Crippen LogP contribution in [0.1, 0.15) is 77.9 Å². The highest BCUT2D eigenvalue weighted by Crippen LogP contribution is 2.41. The van der Waals surface area contributed by atoms with E-state index in [4.69, 9.17) is 18.9 Å². The molecule has 81 heavy (non-hydrogen) atoms. The Balaban J connectivity index is 0.670. The molecule has 4 aromatic heterocycles. The average Bonchev–Trinajstić information content (AvgIpc) is 4.50. The van der Waals surface area contributed by atoms with E-state index in [-0.39, 0.29) is 35.2 Å². The van der Waals surface area contributed by atoms with E-state index in [0.717, 1.165) is 90.9 Å². The summed E-state index contributed by atoms with van der Waals surface area (Å²) in [6, 6.07) is 16.1. The maximum atomic E-state index is 13.1. The van der Waals surface area contributed by atoms with Gasteiger partial charge < -0.3 is 44.8 Å². The second-order valence-electron chi connectivity index (χ2n) is 20.6. The number of thiophene rings is 1. The topological polar surface area (TPSA) is 225 Å². The number of hydrogen-bond acceptors (Lipinski definition) is 16.